The van der Waals surface area contributed by atoms with Crippen LogP contribution in [0.15, 0.2) is 54.6 Å². The van der Waals surface area contributed by atoms with Crippen molar-refractivity contribution < 1.29 is 14.6 Å². The minimum Gasteiger partial charge on any atom is -0.494 e. The number of hydrogen-bond acceptors (Lipinski definition) is 3. The number of rotatable bonds is 7. The summed E-state index contributed by atoms with van der Waals surface area (Å²) in [5.41, 5.74) is 1.56. The van der Waals surface area contributed by atoms with Crippen LogP contribution < -0.4 is 10.1 Å². The van der Waals surface area contributed by atoms with Crippen molar-refractivity contribution in [1.29, 1.82) is 0 Å². The molecule has 4 heteroatoms. The van der Waals surface area contributed by atoms with Crippen molar-refractivity contribution in [2.45, 2.75) is 19.4 Å². The molecule has 0 radical (unpaired) electrons. The minimum absolute atomic E-state index is 0.00501. The van der Waals surface area contributed by atoms with Crippen molar-refractivity contribution in [2.24, 2.45) is 0 Å². The summed E-state index contributed by atoms with van der Waals surface area (Å²) in [4.78, 5) is 11.8. The van der Waals surface area contributed by atoms with Gasteiger partial charge in [-0.2, -0.15) is 0 Å². The molecular formula is C17H19NO3. The lowest BCUT2D eigenvalue weighted by atomic mass is 10.2. The molecule has 2 aromatic rings. The lowest BCUT2D eigenvalue weighted by Crippen LogP contribution is -2.12. The van der Waals surface area contributed by atoms with Crippen LogP contribution in [-0.2, 0) is 11.4 Å². The first-order chi connectivity index (χ1) is 10.3. The van der Waals surface area contributed by atoms with Gasteiger partial charge in [0.2, 0.25) is 5.91 Å². The maximum absolute atomic E-state index is 11.8. The Kier molecular flexibility index (Phi) is 5.79. The van der Waals surface area contributed by atoms with Crippen molar-refractivity contribution in [3.63, 3.8) is 0 Å². The second-order valence-corrected chi connectivity index (χ2v) is 4.67. The average Bonchev–Trinajstić information content (AvgIpc) is 2.53. The normalized spacial score (nSPS) is 10.1. The van der Waals surface area contributed by atoms with Crippen LogP contribution in [0.1, 0.15) is 18.4 Å². The maximum Gasteiger partial charge on any atom is 0.224 e. The minimum atomic E-state index is -0.0385. The van der Waals surface area contributed by atoms with Crippen LogP contribution in [-0.4, -0.2) is 17.6 Å². The Morgan fingerprint density at radius 3 is 2.43 bits per heavy atom. The third-order valence-electron chi connectivity index (χ3n) is 2.98. The van der Waals surface area contributed by atoms with Crippen LogP contribution in [0.3, 0.4) is 0 Å². The van der Waals surface area contributed by atoms with Gasteiger partial charge >= 0.3 is 0 Å². The van der Waals surface area contributed by atoms with Crippen LogP contribution in [0.5, 0.6) is 5.75 Å². The predicted octanol–water partition coefficient (Wildman–Crippen LogP) is 2.98. The van der Waals surface area contributed by atoms with E-state index < -0.39 is 0 Å². The molecule has 0 atom stereocenters. The highest BCUT2D eigenvalue weighted by Gasteiger charge is 2.02. The number of anilines is 1. The second kappa shape index (κ2) is 8.07. The molecule has 0 saturated heterocycles. The first-order valence-electron chi connectivity index (χ1n) is 6.95. The van der Waals surface area contributed by atoms with Crippen LogP contribution in [0.2, 0.25) is 0 Å². The lowest BCUT2D eigenvalue weighted by Gasteiger charge is -2.07. The fourth-order valence-corrected chi connectivity index (χ4v) is 1.86. The Morgan fingerprint density at radius 1 is 1.05 bits per heavy atom. The summed E-state index contributed by atoms with van der Waals surface area (Å²) in [5, 5.41) is 11.8. The molecular weight excluding hydrogens is 266 g/mol. The van der Waals surface area contributed by atoms with Gasteiger partial charge in [-0.3, -0.25) is 4.79 Å². The summed E-state index contributed by atoms with van der Waals surface area (Å²) >= 11 is 0. The van der Waals surface area contributed by atoms with E-state index in [9.17, 15) is 4.79 Å². The molecule has 0 aliphatic heterocycles. The fourth-order valence-electron chi connectivity index (χ4n) is 1.86. The number of aliphatic hydroxyl groups excluding tert-OH is 1. The first-order valence-corrected chi connectivity index (χ1v) is 6.95. The van der Waals surface area contributed by atoms with Crippen molar-refractivity contribution in [2.75, 3.05) is 11.9 Å². The molecule has 0 bridgehead atoms. The zero-order valence-corrected chi connectivity index (χ0v) is 11.8. The third-order valence-corrected chi connectivity index (χ3v) is 2.98. The van der Waals surface area contributed by atoms with E-state index in [4.69, 9.17) is 9.84 Å². The van der Waals surface area contributed by atoms with Gasteiger partial charge in [-0.15, -0.1) is 0 Å². The van der Waals surface area contributed by atoms with E-state index >= 15 is 0 Å². The Hall–Kier alpha value is -2.33. The Morgan fingerprint density at radius 2 is 1.76 bits per heavy atom. The van der Waals surface area contributed by atoms with Crippen molar-refractivity contribution in [3.8, 4) is 5.75 Å². The summed E-state index contributed by atoms with van der Waals surface area (Å²) in [6.45, 7) is 0.520. The topological polar surface area (TPSA) is 58.6 Å². The summed E-state index contributed by atoms with van der Waals surface area (Å²) < 4.78 is 5.53. The SMILES string of the molecule is O=C(CCCOc1ccccc1)Nc1ccc(CO)cc1. The van der Waals surface area contributed by atoms with Gasteiger partial charge in [-0.1, -0.05) is 30.3 Å². The van der Waals surface area contributed by atoms with Crippen LogP contribution in [0.4, 0.5) is 5.69 Å². The van der Waals surface area contributed by atoms with E-state index in [0.29, 0.717) is 19.4 Å². The molecule has 1 amide bonds. The molecule has 0 aliphatic rings. The van der Waals surface area contributed by atoms with E-state index in [0.717, 1.165) is 17.0 Å². The largest absolute Gasteiger partial charge is 0.494 e. The summed E-state index contributed by atoms with van der Waals surface area (Å²) in [5.74, 6) is 0.779. The Bertz CT molecular complexity index is 552. The number of ether oxygens (including phenoxy) is 1. The zero-order chi connectivity index (χ0) is 14.9. The van der Waals surface area contributed by atoms with Crippen molar-refractivity contribution in [1.82, 2.24) is 0 Å². The summed E-state index contributed by atoms with van der Waals surface area (Å²) in [6, 6.07) is 16.7. The molecule has 0 saturated carbocycles. The van der Waals surface area contributed by atoms with E-state index in [2.05, 4.69) is 5.32 Å². The van der Waals surface area contributed by atoms with Crippen molar-refractivity contribution >= 4 is 11.6 Å². The van der Waals surface area contributed by atoms with Gasteiger partial charge in [0, 0.05) is 12.1 Å². The van der Waals surface area contributed by atoms with E-state index in [1.54, 1.807) is 24.3 Å². The highest BCUT2D eigenvalue weighted by molar-refractivity contribution is 5.90. The number of nitrogens with one attached hydrogen (secondary N) is 1. The Labute approximate surface area is 124 Å². The standard InChI is InChI=1S/C17H19NO3/c19-13-14-8-10-15(11-9-14)18-17(20)7-4-12-21-16-5-2-1-3-6-16/h1-3,5-6,8-11,19H,4,7,12-13H2,(H,18,20). The van der Waals surface area contributed by atoms with Crippen LogP contribution >= 0.6 is 0 Å². The molecule has 110 valence electrons. The second-order valence-electron chi connectivity index (χ2n) is 4.67. The highest BCUT2D eigenvalue weighted by Crippen LogP contribution is 2.11. The molecule has 0 aliphatic carbocycles. The number of para-hydroxylation sites is 1. The fraction of sp³-hybridized carbons (Fsp3) is 0.235. The Balaban J connectivity index is 1.67. The van der Waals surface area contributed by atoms with Gasteiger partial charge in [0.05, 0.1) is 13.2 Å². The number of hydrogen-bond donors (Lipinski definition) is 2. The predicted molar refractivity (Wildman–Crippen MR) is 82.2 cm³/mol. The smallest absolute Gasteiger partial charge is 0.224 e. The van der Waals surface area contributed by atoms with E-state index in [-0.39, 0.29) is 12.5 Å². The van der Waals surface area contributed by atoms with E-state index in [1.807, 2.05) is 30.3 Å². The van der Waals surface area contributed by atoms with Crippen LogP contribution in [0.25, 0.3) is 0 Å². The molecule has 0 unspecified atom stereocenters. The average molecular weight is 285 g/mol. The molecule has 0 fully saturated rings. The van der Waals surface area contributed by atoms with E-state index in [1.165, 1.54) is 0 Å². The summed E-state index contributed by atoms with van der Waals surface area (Å²) in [6.07, 6.45) is 1.07. The number of carbonyl (C=O) groups is 1. The van der Waals surface area contributed by atoms with Gasteiger partial charge in [0.1, 0.15) is 5.75 Å². The summed E-state index contributed by atoms with van der Waals surface area (Å²) in [7, 11) is 0. The molecule has 4 nitrogen and oxygen atoms in total. The number of carbonyl (C=O) groups excluding carboxylic acids is 1. The molecule has 2 rings (SSSR count). The molecule has 21 heavy (non-hydrogen) atoms. The third kappa shape index (κ3) is 5.28. The van der Waals surface area contributed by atoms with Gasteiger partial charge in [0.15, 0.2) is 0 Å². The van der Waals surface area contributed by atoms with Gasteiger partial charge < -0.3 is 15.2 Å². The molecule has 0 aromatic heterocycles. The molecule has 2 aromatic carbocycles. The monoisotopic (exact) mass is 285 g/mol. The zero-order valence-electron chi connectivity index (χ0n) is 11.8. The number of amides is 1. The molecule has 0 spiro atoms. The molecule has 0 heterocycles. The highest BCUT2D eigenvalue weighted by atomic mass is 16.5. The quantitative estimate of drug-likeness (QED) is 0.769. The van der Waals surface area contributed by atoms with Gasteiger partial charge in [-0.05, 0) is 36.2 Å². The molecule has 2 N–H and O–H groups in total. The van der Waals surface area contributed by atoms with Crippen molar-refractivity contribution in [3.05, 3.63) is 60.2 Å². The van der Waals surface area contributed by atoms with Crippen LogP contribution in [0, 0.1) is 0 Å². The first kappa shape index (κ1) is 15.1. The number of benzene rings is 2. The lowest BCUT2D eigenvalue weighted by molar-refractivity contribution is -0.116. The van der Waals surface area contributed by atoms with Gasteiger partial charge in [-0.25, -0.2) is 0 Å². The van der Waals surface area contributed by atoms with Gasteiger partial charge in [0.25, 0.3) is 0 Å². The number of aliphatic hydroxyl groups is 1. The maximum atomic E-state index is 11.8.